The second-order valence-electron chi connectivity index (χ2n) is 5.71. The molecule has 0 radical (unpaired) electrons. The minimum absolute atomic E-state index is 0.0344. The summed E-state index contributed by atoms with van der Waals surface area (Å²) in [6, 6.07) is 6.03. The summed E-state index contributed by atoms with van der Waals surface area (Å²) >= 11 is 1.40. The highest BCUT2D eigenvalue weighted by molar-refractivity contribution is 7.99. The van der Waals surface area contributed by atoms with Gasteiger partial charge in [0.25, 0.3) is 0 Å². The van der Waals surface area contributed by atoms with E-state index in [2.05, 4.69) is 29.4 Å². The van der Waals surface area contributed by atoms with Crippen LogP contribution in [0.4, 0.5) is 5.69 Å². The zero-order valence-corrected chi connectivity index (χ0v) is 14.5. The number of benzene rings is 1. The number of thioether (sulfide) groups is 1. The summed E-state index contributed by atoms with van der Waals surface area (Å²) in [5.41, 5.74) is 3.06. The lowest BCUT2D eigenvalue weighted by Crippen LogP contribution is -2.15. The van der Waals surface area contributed by atoms with E-state index in [4.69, 9.17) is 0 Å². The van der Waals surface area contributed by atoms with Gasteiger partial charge in [-0.25, -0.2) is 0 Å². The van der Waals surface area contributed by atoms with Crippen LogP contribution in [0.3, 0.4) is 0 Å². The van der Waals surface area contributed by atoms with Gasteiger partial charge in [-0.3, -0.25) is 4.79 Å². The van der Waals surface area contributed by atoms with Gasteiger partial charge in [0, 0.05) is 18.7 Å². The Morgan fingerprint density at radius 3 is 2.68 bits per heavy atom. The van der Waals surface area contributed by atoms with Crippen LogP contribution < -0.4 is 5.32 Å². The number of aromatic nitrogens is 3. The number of amides is 1. The zero-order chi connectivity index (χ0) is 16.3. The Hall–Kier alpha value is -1.82. The standard InChI is InChI=1S/C16H22N4OS/c1-10(2)15-18-19-16(20(15)5)22-9-14(21)17-13-8-11(3)6-7-12(13)4/h6-8,10H,9H2,1-5H3,(H,17,21). The average molecular weight is 318 g/mol. The van der Waals surface area contributed by atoms with Crippen molar-refractivity contribution in [3.63, 3.8) is 0 Å². The van der Waals surface area contributed by atoms with Crippen molar-refractivity contribution in [1.29, 1.82) is 0 Å². The number of hydrogen-bond acceptors (Lipinski definition) is 4. The molecular formula is C16H22N4OS. The van der Waals surface area contributed by atoms with E-state index in [1.54, 1.807) is 0 Å². The third kappa shape index (κ3) is 3.88. The summed E-state index contributed by atoms with van der Waals surface area (Å²) in [7, 11) is 1.93. The summed E-state index contributed by atoms with van der Waals surface area (Å²) in [5.74, 6) is 1.53. The number of anilines is 1. The van der Waals surface area contributed by atoms with E-state index in [0.29, 0.717) is 11.7 Å². The minimum atomic E-state index is -0.0344. The SMILES string of the molecule is Cc1ccc(C)c(NC(=O)CSc2nnc(C(C)C)n2C)c1. The van der Waals surface area contributed by atoms with E-state index in [-0.39, 0.29) is 5.91 Å². The second-order valence-corrected chi connectivity index (χ2v) is 6.65. The van der Waals surface area contributed by atoms with Crippen LogP contribution in [-0.4, -0.2) is 26.4 Å². The first kappa shape index (κ1) is 16.5. The van der Waals surface area contributed by atoms with Crippen LogP contribution in [0, 0.1) is 13.8 Å². The van der Waals surface area contributed by atoms with Crippen molar-refractivity contribution >= 4 is 23.4 Å². The number of hydrogen-bond donors (Lipinski definition) is 1. The molecule has 6 heteroatoms. The van der Waals surface area contributed by atoms with Gasteiger partial charge in [-0.2, -0.15) is 0 Å². The summed E-state index contributed by atoms with van der Waals surface area (Å²) in [5, 5.41) is 12.0. The van der Waals surface area contributed by atoms with Gasteiger partial charge in [0.15, 0.2) is 5.16 Å². The number of nitrogens with zero attached hydrogens (tertiary/aromatic N) is 3. The van der Waals surface area contributed by atoms with E-state index in [1.807, 2.05) is 43.7 Å². The van der Waals surface area contributed by atoms with Gasteiger partial charge in [-0.1, -0.05) is 37.7 Å². The largest absolute Gasteiger partial charge is 0.325 e. The molecule has 5 nitrogen and oxygen atoms in total. The Labute approximate surface area is 135 Å². The fourth-order valence-corrected chi connectivity index (χ4v) is 2.86. The third-order valence-electron chi connectivity index (χ3n) is 3.38. The van der Waals surface area contributed by atoms with E-state index >= 15 is 0 Å². The van der Waals surface area contributed by atoms with Gasteiger partial charge in [0.05, 0.1) is 5.75 Å². The van der Waals surface area contributed by atoms with Crippen molar-refractivity contribution < 1.29 is 4.79 Å². The zero-order valence-electron chi connectivity index (χ0n) is 13.7. The molecule has 0 atom stereocenters. The molecule has 1 amide bonds. The van der Waals surface area contributed by atoms with Gasteiger partial charge in [0.1, 0.15) is 5.82 Å². The molecule has 0 bridgehead atoms. The molecule has 0 aliphatic rings. The number of nitrogens with one attached hydrogen (secondary N) is 1. The molecule has 118 valence electrons. The summed E-state index contributed by atoms with van der Waals surface area (Å²) in [4.78, 5) is 12.1. The first-order valence-corrected chi connectivity index (χ1v) is 8.26. The van der Waals surface area contributed by atoms with Crippen LogP contribution in [0.1, 0.15) is 36.7 Å². The summed E-state index contributed by atoms with van der Waals surface area (Å²) in [6.45, 7) is 8.15. The highest BCUT2D eigenvalue weighted by Crippen LogP contribution is 2.21. The van der Waals surface area contributed by atoms with E-state index < -0.39 is 0 Å². The van der Waals surface area contributed by atoms with Gasteiger partial charge < -0.3 is 9.88 Å². The molecule has 1 aromatic carbocycles. The molecular weight excluding hydrogens is 296 g/mol. The second kappa shape index (κ2) is 6.96. The van der Waals surface area contributed by atoms with E-state index in [1.165, 1.54) is 11.8 Å². The molecule has 0 saturated carbocycles. The quantitative estimate of drug-likeness (QED) is 0.860. The third-order valence-corrected chi connectivity index (χ3v) is 4.40. The molecule has 22 heavy (non-hydrogen) atoms. The molecule has 0 fully saturated rings. The molecule has 1 heterocycles. The highest BCUT2D eigenvalue weighted by Gasteiger charge is 2.14. The number of carbonyl (C=O) groups is 1. The fraction of sp³-hybridized carbons (Fsp3) is 0.438. The van der Waals surface area contributed by atoms with Crippen molar-refractivity contribution in [1.82, 2.24) is 14.8 Å². The monoisotopic (exact) mass is 318 g/mol. The van der Waals surface area contributed by atoms with Gasteiger partial charge >= 0.3 is 0 Å². The van der Waals surface area contributed by atoms with Crippen molar-refractivity contribution in [2.24, 2.45) is 7.05 Å². The van der Waals surface area contributed by atoms with Gasteiger partial charge in [-0.15, -0.1) is 10.2 Å². The number of aryl methyl sites for hydroxylation is 2. The lowest BCUT2D eigenvalue weighted by molar-refractivity contribution is -0.113. The fourth-order valence-electron chi connectivity index (χ4n) is 2.14. The maximum Gasteiger partial charge on any atom is 0.234 e. The Balaban J connectivity index is 1.97. The van der Waals surface area contributed by atoms with Crippen LogP contribution in [-0.2, 0) is 11.8 Å². The topological polar surface area (TPSA) is 59.8 Å². The van der Waals surface area contributed by atoms with Crippen LogP contribution in [0.25, 0.3) is 0 Å². The molecule has 0 aliphatic heterocycles. The van der Waals surface area contributed by atoms with Crippen LogP contribution in [0.5, 0.6) is 0 Å². The van der Waals surface area contributed by atoms with Crippen molar-refractivity contribution in [3.8, 4) is 0 Å². The van der Waals surface area contributed by atoms with Crippen LogP contribution in [0.15, 0.2) is 23.4 Å². The molecule has 2 aromatic rings. The molecule has 1 N–H and O–H groups in total. The maximum atomic E-state index is 12.1. The predicted octanol–water partition coefficient (Wildman–Crippen LogP) is 3.29. The Bertz CT molecular complexity index is 679. The average Bonchev–Trinajstić information content (AvgIpc) is 2.82. The van der Waals surface area contributed by atoms with Crippen molar-refractivity contribution in [3.05, 3.63) is 35.2 Å². The first-order chi connectivity index (χ1) is 10.4. The molecule has 1 aromatic heterocycles. The highest BCUT2D eigenvalue weighted by atomic mass is 32.2. The lowest BCUT2D eigenvalue weighted by Gasteiger charge is -2.09. The predicted molar refractivity (Wildman–Crippen MR) is 90.4 cm³/mol. The van der Waals surface area contributed by atoms with Gasteiger partial charge in [-0.05, 0) is 31.0 Å². The molecule has 0 spiro atoms. The van der Waals surface area contributed by atoms with Crippen LogP contribution in [0.2, 0.25) is 0 Å². The van der Waals surface area contributed by atoms with Crippen molar-refractivity contribution in [2.75, 3.05) is 11.1 Å². The number of rotatable bonds is 5. The van der Waals surface area contributed by atoms with E-state index in [0.717, 1.165) is 27.8 Å². The molecule has 0 unspecified atom stereocenters. The minimum Gasteiger partial charge on any atom is -0.325 e. The Morgan fingerprint density at radius 2 is 2.05 bits per heavy atom. The number of carbonyl (C=O) groups excluding carboxylic acids is 1. The first-order valence-electron chi connectivity index (χ1n) is 7.27. The normalized spacial score (nSPS) is 11.0. The van der Waals surface area contributed by atoms with Gasteiger partial charge in [0.2, 0.25) is 5.91 Å². The molecule has 2 rings (SSSR count). The van der Waals surface area contributed by atoms with E-state index in [9.17, 15) is 4.79 Å². The molecule has 0 saturated heterocycles. The van der Waals surface area contributed by atoms with Crippen molar-refractivity contribution in [2.45, 2.75) is 38.8 Å². The summed E-state index contributed by atoms with van der Waals surface area (Å²) in [6.07, 6.45) is 0. The maximum absolute atomic E-state index is 12.1. The smallest absolute Gasteiger partial charge is 0.234 e. The lowest BCUT2D eigenvalue weighted by atomic mass is 10.1. The summed E-state index contributed by atoms with van der Waals surface area (Å²) < 4.78 is 1.94. The molecule has 0 aliphatic carbocycles. The van der Waals surface area contributed by atoms with Crippen LogP contribution >= 0.6 is 11.8 Å². The Kier molecular flexibility index (Phi) is 5.24. The Morgan fingerprint density at radius 1 is 1.32 bits per heavy atom.